The molecule has 6 heteroatoms. The Labute approximate surface area is 151 Å². The molecule has 6 nitrogen and oxygen atoms in total. The number of para-hydroxylation sites is 1. The summed E-state index contributed by atoms with van der Waals surface area (Å²) in [5.41, 5.74) is 1.20. The Bertz CT molecular complexity index is 978. The first-order chi connectivity index (χ1) is 12.6. The van der Waals surface area contributed by atoms with Gasteiger partial charge in [-0.15, -0.1) is 0 Å². The van der Waals surface area contributed by atoms with Gasteiger partial charge in [0.05, 0.1) is 12.1 Å². The molecule has 2 aromatic carbocycles. The summed E-state index contributed by atoms with van der Waals surface area (Å²) >= 11 is 0. The van der Waals surface area contributed by atoms with E-state index < -0.39 is 5.91 Å². The van der Waals surface area contributed by atoms with Crippen LogP contribution in [0, 0.1) is 0 Å². The number of hydrogen-bond acceptors (Lipinski definition) is 4. The molecule has 1 heterocycles. The number of hydrogen-bond donors (Lipinski definition) is 1. The third-order valence-corrected chi connectivity index (χ3v) is 4.06. The minimum atomic E-state index is -0.475. The smallest absolute Gasteiger partial charge is 0.276 e. The highest BCUT2D eigenvalue weighted by Crippen LogP contribution is 2.12. The molecule has 3 aromatic rings. The molecule has 1 N–H and O–H groups in total. The standard InChI is InChI=1S/C20H21N3O3/c1-3-23-17-8-6-5-7-16(17)19(24)18(22-23)20(25)21-13-14-9-11-15(12-10-14)26-4-2/h5-12H,3-4,13H2,1-2H3,(H,21,25). The molecule has 0 saturated carbocycles. The molecular weight excluding hydrogens is 330 g/mol. The molecule has 0 atom stereocenters. The third-order valence-electron chi connectivity index (χ3n) is 4.06. The number of ether oxygens (including phenoxy) is 1. The van der Waals surface area contributed by atoms with E-state index in [1.54, 1.807) is 16.8 Å². The van der Waals surface area contributed by atoms with Crippen LogP contribution in [0.5, 0.6) is 5.75 Å². The maximum Gasteiger partial charge on any atom is 0.276 e. The van der Waals surface area contributed by atoms with Crippen LogP contribution in [0.4, 0.5) is 0 Å². The van der Waals surface area contributed by atoms with E-state index in [0.29, 0.717) is 25.1 Å². The lowest BCUT2D eigenvalue weighted by Gasteiger charge is -2.10. The molecule has 0 spiro atoms. The second kappa shape index (κ2) is 7.82. The van der Waals surface area contributed by atoms with Gasteiger partial charge < -0.3 is 10.1 Å². The molecule has 134 valence electrons. The predicted molar refractivity (Wildman–Crippen MR) is 100 cm³/mol. The van der Waals surface area contributed by atoms with Crippen LogP contribution < -0.4 is 15.5 Å². The van der Waals surface area contributed by atoms with E-state index in [0.717, 1.165) is 16.8 Å². The number of nitrogens with zero attached hydrogens (tertiary/aromatic N) is 2. The van der Waals surface area contributed by atoms with E-state index in [2.05, 4.69) is 10.4 Å². The third kappa shape index (κ3) is 3.59. The van der Waals surface area contributed by atoms with Crippen molar-refractivity contribution in [2.75, 3.05) is 6.61 Å². The minimum Gasteiger partial charge on any atom is -0.494 e. The van der Waals surface area contributed by atoms with Crippen LogP contribution in [0.15, 0.2) is 53.3 Å². The van der Waals surface area contributed by atoms with Crippen molar-refractivity contribution in [3.8, 4) is 5.75 Å². The zero-order valence-corrected chi connectivity index (χ0v) is 14.9. The number of aromatic nitrogens is 2. The molecule has 0 radical (unpaired) electrons. The molecule has 0 aliphatic rings. The lowest BCUT2D eigenvalue weighted by atomic mass is 10.2. The summed E-state index contributed by atoms with van der Waals surface area (Å²) in [6.07, 6.45) is 0. The quantitative estimate of drug-likeness (QED) is 0.741. The maximum absolute atomic E-state index is 12.6. The fourth-order valence-corrected chi connectivity index (χ4v) is 2.76. The molecule has 1 amide bonds. The highest BCUT2D eigenvalue weighted by molar-refractivity contribution is 5.95. The number of rotatable bonds is 6. The Balaban J connectivity index is 1.81. The van der Waals surface area contributed by atoms with Gasteiger partial charge in [-0.2, -0.15) is 5.10 Å². The zero-order chi connectivity index (χ0) is 18.5. The second-order valence-electron chi connectivity index (χ2n) is 5.77. The van der Waals surface area contributed by atoms with Crippen molar-refractivity contribution in [2.24, 2.45) is 0 Å². The topological polar surface area (TPSA) is 73.2 Å². The number of benzene rings is 2. The summed E-state index contributed by atoms with van der Waals surface area (Å²) in [5.74, 6) is 0.307. The summed E-state index contributed by atoms with van der Waals surface area (Å²) < 4.78 is 7.07. The fraction of sp³-hybridized carbons (Fsp3) is 0.250. The lowest BCUT2D eigenvalue weighted by molar-refractivity contribution is 0.0943. The molecule has 0 unspecified atom stereocenters. The average molecular weight is 351 g/mol. The normalized spacial score (nSPS) is 10.7. The molecule has 26 heavy (non-hydrogen) atoms. The number of carbonyl (C=O) groups excluding carboxylic acids is 1. The van der Waals surface area contributed by atoms with Crippen molar-refractivity contribution in [3.05, 3.63) is 70.0 Å². The van der Waals surface area contributed by atoms with E-state index in [1.807, 2.05) is 50.2 Å². The Hall–Kier alpha value is -3.15. The molecule has 0 saturated heterocycles. The van der Waals surface area contributed by atoms with Gasteiger partial charge in [0, 0.05) is 18.5 Å². The Morgan fingerprint density at radius 3 is 2.54 bits per heavy atom. The zero-order valence-electron chi connectivity index (χ0n) is 14.9. The first-order valence-corrected chi connectivity index (χ1v) is 8.63. The van der Waals surface area contributed by atoms with Gasteiger partial charge in [-0.3, -0.25) is 14.3 Å². The Morgan fingerprint density at radius 2 is 1.85 bits per heavy atom. The molecule has 3 rings (SSSR count). The van der Waals surface area contributed by atoms with E-state index >= 15 is 0 Å². The minimum absolute atomic E-state index is 0.0866. The highest BCUT2D eigenvalue weighted by Gasteiger charge is 2.16. The molecule has 1 aromatic heterocycles. The predicted octanol–water partition coefficient (Wildman–Crippen LogP) is 2.75. The second-order valence-corrected chi connectivity index (χ2v) is 5.77. The van der Waals surface area contributed by atoms with Crippen LogP contribution in [0.2, 0.25) is 0 Å². The fourth-order valence-electron chi connectivity index (χ4n) is 2.76. The van der Waals surface area contributed by atoms with Crippen molar-refractivity contribution in [2.45, 2.75) is 26.9 Å². The average Bonchev–Trinajstić information content (AvgIpc) is 2.68. The van der Waals surface area contributed by atoms with Crippen molar-refractivity contribution in [1.82, 2.24) is 15.1 Å². The van der Waals surface area contributed by atoms with Gasteiger partial charge >= 0.3 is 0 Å². The molecule has 0 fully saturated rings. The summed E-state index contributed by atoms with van der Waals surface area (Å²) in [7, 11) is 0. The van der Waals surface area contributed by atoms with Crippen molar-refractivity contribution in [3.63, 3.8) is 0 Å². The number of amides is 1. The van der Waals surface area contributed by atoms with Gasteiger partial charge in [0.1, 0.15) is 5.75 Å². The van der Waals surface area contributed by atoms with Gasteiger partial charge in [0.2, 0.25) is 5.43 Å². The summed E-state index contributed by atoms with van der Waals surface area (Å²) in [6, 6.07) is 14.6. The number of fused-ring (bicyclic) bond motifs is 1. The van der Waals surface area contributed by atoms with E-state index in [9.17, 15) is 9.59 Å². The maximum atomic E-state index is 12.6. The highest BCUT2D eigenvalue weighted by atomic mass is 16.5. The van der Waals surface area contributed by atoms with Gasteiger partial charge in [0.25, 0.3) is 5.91 Å². The number of aryl methyl sites for hydroxylation is 1. The number of nitrogens with one attached hydrogen (secondary N) is 1. The largest absolute Gasteiger partial charge is 0.494 e. The van der Waals surface area contributed by atoms with E-state index in [1.165, 1.54) is 0 Å². The molecule has 0 bridgehead atoms. The summed E-state index contributed by atoms with van der Waals surface area (Å²) in [6.45, 7) is 5.33. The SMILES string of the molecule is CCOc1ccc(CNC(=O)c2nn(CC)c3ccccc3c2=O)cc1. The molecule has 0 aliphatic carbocycles. The Kier molecular flexibility index (Phi) is 5.31. The monoisotopic (exact) mass is 351 g/mol. The lowest BCUT2D eigenvalue weighted by Crippen LogP contribution is -2.31. The summed E-state index contributed by atoms with van der Waals surface area (Å²) in [4.78, 5) is 25.1. The van der Waals surface area contributed by atoms with Gasteiger partial charge in [0.15, 0.2) is 5.69 Å². The van der Waals surface area contributed by atoms with E-state index in [4.69, 9.17) is 4.74 Å². The van der Waals surface area contributed by atoms with Crippen LogP contribution in [0.25, 0.3) is 10.9 Å². The van der Waals surface area contributed by atoms with Crippen molar-refractivity contribution in [1.29, 1.82) is 0 Å². The van der Waals surface area contributed by atoms with Crippen LogP contribution in [-0.2, 0) is 13.1 Å². The molecule has 0 aliphatic heterocycles. The molecular formula is C20H21N3O3. The summed E-state index contributed by atoms with van der Waals surface area (Å²) in [5, 5.41) is 7.51. The van der Waals surface area contributed by atoms with Crippen LogP contribution in [-0.4, -0.2) is 22.3 Å². The number of carbonyl (C=O) groups is 1. The first kappa shape index (κ1) is 17.7. The Morgan fingerprint density at radius 1 is 1.12 bits per heavy atom. The van der Waals surface area contributed by atoms with Gasteiger partial charge in [-0.25, -0.2) is 0 Å². The van der Waals surface area contributed by atoms with Gasteiger partial charge in [-0.1, -0.05) is 24.3 Å². The van der Waals surface area contributed by atoms with E-state index in [-0.39, 0.29) is 11.1 Å². The first-order valence-electron chi connectivity index (χ1n) is 8.63. The van der Waals surface area contributed by atoms with Crippen molar-refractivity contribution >= 4 is 16.8 Å². The van der Waals surface area contributed by atoms with Crippen LogP contribution in [0.3, 0.4) is 0 Å². The van der Waals surface area contributed by atoms with Crippen LogP contribution >= 0.6 is 0 Å². The van der Waals surface area contributed by atoms with Crippen LogP contribution in [0.1, 0.15) is 29.9 Å². The van der Waals surface area contributed by atoms with Crippen molar-refractivity contribution < 1.29 is 9.53 Å². The van der Waals surface area contributed by atoms with Gasteiger partial charge in [-0.05, 0) is 43.7 Å².